The Labute approximate surface area is 88.9 Å². The molecule has 0 spiro atoms. The van der Waals surface area contributed by atoms with Crippen LogP contribution in [-0.4, -0.2) is 5.75 Å². The average molecular weight is 213 g/mol. The number of hydrogen-bond donors (Lipinski definition) is 1. The Kier molecular flexibility index (Phi) is 4.98. The van der Waals surface area contributed by atoms with Crippen molar-refractivity contribution in [3.8, 4) is 0 Å². The largest absolute Gasteiger partial charge is 0.326 e. The van der Waals surface area contributed by atoms with Crippen LogP contribution >= 0.6 is 11.8 Å². The van der Waals surface area contributed by atoms with Crippen LogP contribution in [0.3, 0.4) is 0 Å². The predicted octanol–water partition coefficient (Wildman–Crippen LogP) is 2.93. The van der Waals surface area contributed by atoms with Crippen LogP contribution in [0, 0.1) is 5.82 Å². The maximum atomic E-state index is 13.4. The lowest BCUT2D eigenvalue weighted by atomic mass is 10.1. The van der Waals surface area contributed by atoms with Crippen molar-refractivity contribution in [2.45, 2.75) is 25.6 Å². The molecule has 0 unspecified atom stereocenters. The van der Waals surface area contributed by atoms with Crippen molar-refractivity contribution in [1.82, 2.24) is 0 Å². The van der Waals surface area contributed by atoms with Gasteiger partial charge in [-0.05, 0) is 29.4 Å². The minimum atomic E-state index is -0.128. The fourth-order valence-corrected chi connectivity index (χ4v) is 2.05. The van der Waals surface area contributed by atoms with Gasteiger partial charge in [0.15, 0.2) is 0 Å². The molecule has 0 fully saturated rings. The second-order valence-electron chi connectivity index (χ2n) is 3.18. The van der Waals surface area contributed by atoms with Crippen LogP contribution in [0.2, 0.25) is 0 Å². The van der Waals surface area contributed by atoms with Gasteiger partial charge in [-0.15, -0.1) is 0 Å². The molecule has 0 saturated carbocycles. The summed E-state index contributed by atoms with van der Waals surface area (Å²) in [7, 11) is 0. The Hall–Kier alpha value is -0.540. The van der Waals surface area contributed by atoms with Crippen LogP contribution in [0.5, 0.6) is 0 Å². The molecule has 0 aliphatic heterocycles. The first-order chi connectivity index (χ1) is 6.77. The quantitative estimate of drug-likeness (QED) is 0.761. The summed E-state index contributed by atoms with van der Waals surface area (Å²) in [6.45, 7) is 2.53. The molecule has 0 atom stereocenters. The van der Waals surface area contributed by atoms with E-state index < -0.39 is 0 Å². The molecule has 0 heterocycles. The Morgan fingerprint density at radius 3 is 2.79 bits per heavy atom. The SMILES string of the molecule is CCCSCc1ccc(CN)cc1F. The Morgan fingerprint density at radius 1 is 1.43 bits per heavy atom. The van der Waals surface area contributed by atoms with Crippen molar-refractivity contribution in [3.05, 3.63) is 35.1 Å². The lowest BCUT2D eigenvalue weighted by molar-refractivity contribution is 0.615. The molecule has 1 aromatic rings. The molecule has 78 valence electrons. The number of rotatable bonds is 5. The van der Waals surface area contributed by atoms with Crippen molar-refractivity contribution in [2.75, 3.05) is 5.75 Å². The van der Waals surface area contributed by atoms with Gasteiger partial charge in [0.05, 0.1) is 0 Å². The molecular weight excluding hydrogens is 197 g/mol. The lowest BCUT2D eigenvalue weighted by Crippen LogP contribution is -1.98. The van der Waals surface area contributed by atoms with Gasteiger partial charge in [-0.1, -0.05) is 19.1 Å². The summed E-state index contributed by atoms with van der Waals surface area (Å²) >= 11 is 1.76. The smallest absolute Gasteiger partial charge is 0.127 e. The van der Waals surface area contributed by atoms with E-state index in [1.165, 1.54) is 6.07 Å². The first-order valence-corrected chi connectivity index (χ1v) is 5.98. The Balaban J connectivity index is 2.59. The number of hydrogen-bond acceptors (Lipinski definition) is 2. The van der Waals surface area contributed by atoms with Gasteiger partial charge in [-0.2, -0.15) is 11.8 Å². The predicted molar refractivity (Wildman–Crippen MR) is 60.7 cm³/mol. The first-order valence-electron chi connectivity index (χ1n) is 4.83. The molecule has 1 rings (SSSR count). The van der Waals surface area contributed by atoms with E-state index in [-0.39, 0.29) is 5.82 Å². The Morgan fingerprint density at radius 2 is 2.21 bits per heavy atom. The van der Waals surface area contributed by atoms with Gasteiger partial charge in [-0.3, -0.25) is 0 Å². The fourth-order valence-electron chi connectivity index (χ4n) is 1.16. The number of nitrogens with two attached hydrogens (primary N) is 1. The molecular formula is C11H16FNS. The molecule has 0 saturated heterocycles. The van der Waals surface area contributed by atoms with Gasteiger partial charge < -0.3 is 5.73 Å². The zero-order chi connectivity index (χ0) is 10.4. The highest BCUT2D eigenvalue weighted by Crippen LogP contribution is 2.17. The summed E-state index contributed by atoms with van der Waals surface area (Å²) < 4.78 is 13.4. The molecule has 0 aliphatic rings. The second-order valence-corrected chi connectivity index (χ2v) is 4.29. The standard InChI is InChI=1S/C11H16FNS/c1-2-5-14-8-10-4-3-9(7-13)6-11(10)12/h3-4,6H,2,5,7-8,13H2,1H3. The summed E-state index contributed by atoms with van der Waals surface area (Å²) in [5, 5.41) is 0. The van der Waals surface area contributed by atoms with Gasteiger partial charge >= 0.3 is 0 Å². The van der Waals surface area contributed by atoms with Crippen LogP contribution in [0.25, 0.3) is 0 Å². The monoisotopic (exact) mass is 213 g/mol. The fraction of sp³-hybridized carbons (Fsp3) is 0.455. The third-order valence-electron chi connectivity index (χ3n) is 1.96. The molecule has 2 N–H and O–H groups in total. The Bertz CT molecular complexity index is 289. The third-order valence-corrected chi connectivity index (χ3v) is 3.17. The molecule has 3 heteroatoms. The van der Waals surface area contributed by atoms with E-state index in [1.807, 2.05) is 12.1 Å². The summed E-state index contributed by atoms with van der Waals surface area (Å²) in [4.78, 5) is 0. The molecule has 14 heavy (non-hydrogen) atoms. The molecule has 0 radical (unpaired) electrons. The molecule has 0 amide bonds. The van der Waals surface area contributed by atoms with Crippen molar-refractivity contribution in [3.63, 3.8) is 0 Å². The van der Waals surface area contributed by atoms with E-state index in [0.29, 0.717) is 6.54 Å². The van der Waals surface area contributed by atoms with Crippen molar-refractivity contribution in [2.24, 2.45) is 5.73 Å². The molecule has 0 aliphatic carbocycles. The van der Waals surface area contributed by atoms with E-state index in [0.717, 1.165) is 29.1 Å². The van der Waals surface area contributed by atoms with Crippen LogP contribution < -0.4 is 5.73 Å². The number of thioether (sulfide) groups is 1. The molecule has 0 aromatic heterocycles. The van der Waals surface area contributed by atoms with Gasteiger partial charge in [0.1, 0.15) is 5.82 Å². The summed E-state index contributed by atoms with van der Waals surface area (Å²) in [5.74, 6) is 1.71. The normalized spacial score (nSPS) is 10.5. The summed E-state index contributed by atoms with van der Waals surface area (Å²) in [6, 6.07) is 5.26. The van der Waals surface area contributed by atoms with E-state index in [1.54, 1.807) is 11.8 Å². The van der Waals surface area contributed by atoms with Crippen LogP contribution in [0.4, 0.5) is 4.39 Å². The van der Waals surface area contributed by atoms with Crippen LogP contribution in [0.15, 0.2) is 18.2 Å². The average Bonchev–Trinajstić information content (AvgIpc) is 2.20. The highest BCUT2D eigenvalue weighted by molar-refractivity contribution is 7.98. The van der Waals surface area contributed by atoms with Crippen LogP contribution in [0.1, 0.15) is 24.5 Å². The third kappa shape index (κ3) is 3.31. The first kappa shape index (κ1) is 11.5. The van der Waals surface area contributed by atoms with Crippen molar-refractivity contribution >= 4 is 11.8 Å². The van der Waals surface area contributed by atoms with E-state index in [2.05, 4.69) is 6.92 Å². The lowest BCUT2D eigenvalue weighted by Gasteiger charge is -2.04. The van der Waals surface area contributed by atoms with Crippen molar-refractivity contribution in [1.29, 1.82) is 0 Å². The van der Waals surface area contributed by atoms with Gasteiger partial charge in [-0.25, -0.2) is 4.39 Å². The van der Waals surface area contributed by atoms with E-state index >= 15 is 0 Å². The van der Waals surface area contributed by atoms with Gasteiger partial charge in [0.25, 0.3) is 0 Å². The highest BCUT2D eigenvalue weighted by atomic mass is 32.2. The van der Waals surface area contributed by atoms with Gasteiger partial charge in [0, 0.05) is 12.3 Å². The summed E-state index contributed by atoms with van der Waals surface area (Å²) in [6.07, 6.45) is 1.13. The maximum absolute atomic E-state index is 13.4. The molecule has 0 bridgehead atoms. The maximum Gasteiger partial charge on any atom is 0.127 e. The van der Waals surface area contributed by atoms with Gasteiger partial charge in [0.2, 0.25) is 0 Å². The van der Waals surface area contributed by atoms with Crippen LogP contribution in [-0.2, 0) is 12.3 Å². The topological polar surface area (TPSA) is 26.0 Å². The minimum absolute atomic E-state index is 0.128. The molecule has 1 aromatic carbocycles. The van der Waals surface area contributed by atoms with E-state index in [9.17, 15) is 4.39 Å². The second kappa shape index (κ2) is 6.04. The zero-order valence-corrected chi connectivity index (χ0v) is 9.24. The number of benzene rings is 1. The zero-order valence-electron chi connectivity index (χ0n) is 8.42. The van der Waals surface area contributed by atoms with Crippen molar-refractivity contribution < 1.29 is 4.39 Å². The number of halogens is 1. The van der Waals surface area contributed by atoms with E-state index in [4.69, 9.17) is 5.73 Å². The minimum Gasteiger partial charge on any atom is -0.326 e. The molecule has 1 nitrogen and oxygen atoms in total. The highest BCUT2D eigenvalue weighted by Gasteiger charge is 2.02. The summed E-state index contributed by atoms with van der Waals surface area (Å²) in [5.41, 5.74) is 7.05.